The summed E-state index contributed by atoms with van der Waals surface area (Å²) in [6.07, 6.45) is 4.60. The Morgan fingerprint density at radius 1 is 1.32 bits per heavy atom. The van der Waals surface area contributed by atoms with Gasteiger partial charge in [-0.25, -0.2) is 23.1 Å². The fraction of sp³-hybridized carbons (Fsp3) is 0.667. The summed E-state index contributed by atoms with van der Waals surface area (Å²) >= 11 is 0. The third kappa shape index (κ3) is 6.49. The number of aryl methyl sites for hydroxylation is 1. The average molecular weight is 286 g/mol. The topological polar surface area (TPSA) is 84.0 Å². The van der Waals surface area contributed by atoms with Gasteiger partial charge >= 0.3 is 0 Å². The Balaban J connectivity index is 2.63. The zero-order chi connectivity index (χ0) is 14.5. The SMILES string of the molecule is CCCc1cc(NCC(C)(C)NS(C)(=O)=O)ncn1. The summed E-state index contributed by atoms with van der Waals surface area (Å²) < 4.78 is 25.0. The Morgan fingerprint density at radius 3 is 2.58 bits per heavy atom. The lowest BCUT2D eigenvalue weighted by Crippen LogP contribution is -2.47. The highest BCUT2D eigenvalue weighted by Crippen LogP contribution is 2.09. The van der Waals surface area contributed by atoms with Crippen molar-refractivity contribution in [1.82, 2.24) is 14.7 Å². The van der Waals surface area contributed by atoms with E-state index in [1.54, 1.807) is 0 Å². The molecule has 0 aliphatic rings. The fourth-order valence-corrected chi connectivity index (χ4v) is 2.81. The minimum atomic E-state index is -3.23. The van der Waals surface area contributed by atoms with Gasteiger partial charge in [-0.2, -0.15) is 0 Å². The van der Waals surface area contributed by atoms with Crippen LogP contribution in [-0.2, 0) is 16.4 Å². The quantitative estimate of drug-likeness (QED) is 0.786. The van der Waals surface area contributed by atoms with Crippen LogP contribution in [0.5, 0.6) is 0 Å². The first kappa shape index (κ1) is 15.8. The Morgan fingerprint density at radius 2 is 2.00 bits per heavy atom. The van der Waals surface area contributed by atoms with Crippen molar-refractivity contribution >= 4 is 15.8 Å². The Labute approximate surface area is 115 Å². The second-order valence-corrected chi connectivity index (χ2v) is 7.00. The number of aromatic nitrogens is 2. The van der Waals surface area contributed by atoms with Crippen LogP contribution in [0.1, 0.15) is 32.9 Å². The highest BCUT2D eigenvalue weighted by atomic mass is 32.2. The van der Waals surface area contributed by atoms with Crippen molar-refractivity contribution in [3.05, 3.63) is 18.1 Å². The van der Waals surface area contributed by atoms with Crippen LogP contribution in [-0.4, -0.2) is 36.7 Å². The molecule has 0 radical (unpaired) electrons. The van der Waals surface area contributed by atoms with Crippen molar-refractivity contribution in [2.75, 3.05) is 18.1 Å². The third-order valence-electron chi connectivity index (χ3n) is 2.40. The minimum Gasteiger partial charge on any atom is -0.368 e. The van der Waals surface area contributed by atoms with Crippen LogP contribution in [0.25, 0.3) is 0 Å². The molecule has 1 aromatic rings. The van der Waals surface area contributed by atoms with E-state index in [2.05, 4.69) is 26.9 Å². The van der Waals surface area contributed by atoms with E-state index in [4.69, 9.17) is 0 Å². The van der Waals surface area contributed by atoms with E-state index >= 15 is 0 Å². The van der Waals surface area contributed by atoms with Crippen molar-refractivity contribution in [3.8, 4) is 0 Å². The molecule has 0 saturated carbocycles. The number of sulfonamides is 1. The maximum absolute atomic E-state index is 11.2. The lowest BCUT2D eigenvalue weighted by Gasteiger charge is -2.25. The summed E-state index contributed by atoms with van der Waals surface area (Å²) in [6, 6.07) is 1.89. The third-order valence-corrected chi connectivity index (χ3v) is 3.33. The number of hydrogen-bond donors (Lipinski definition) is 2. The van der Waals surface area contributed by atoms with Crippen LogP contribution in [0, 0.1) is 0 Å². The Bertz CT molecular complexity index is 514. The molecule has 108 valence electrons. The molecule has 1 aromatic heterocycles. The number of anilines is 1. The predicted octanol–water partition coefficient (Wildman–Crippen LogP) is 1.17. The Hall–Kier alpha value is -1.21. The van der Waals surface area contributed by atoms with Crippen molar-refractivity contribution in [2.24, 2.45) is 0 Å². The van der Waals surface area contributed by atoms with Crippen LogP contribution >= 0.6 is 0 Å². The highest BCUT2D eigenvalue weighted by molar-refractivity contribution is 7.88. The summed E-state index contributed by atoms with van der Waals surface area (Å²) in [5.74, 6) is 0.710. The van der Waals surface area contributed by atoms with Crippen LogP contribution in [0.3, 0.4) is 0 Å². The van der Waals surface area contributed by atoms with Gasteiger partial charge in [0.1, 0.15) is 12.1 Å². The van der Waals surface area contributed by atoms with Crippen LogP contribution in [0.4, 0.5) is 5.82 Å². The van der Waals surface area contributed by atoms with E-state index in [0.29, 0.717) is 12.4 Å². The zero-order valence-electron chi connectivity index (χ0n) is 11.9. The summed E-state index contributed by atoms with van der Waals surface area (Å²) in [7, 11) is -3.23. The molecule has 0 bridgehead atoms. The molecular formula is C12H22N4O2S. The maximum atomic E-state index is 11.2. The molecule has 1 heterocycles. The van der Waals surface area contributed by atoms with Crippen molar-refractivity contribution in [3.63, 3.8) is 0 Å². The molecule has 6 nitrogen and oxygen atoms in total. The van der Waals surface area contributed by atoms with E-state index < -0.39 is 15.6 Å². The summed E-state index contributed by atoms with van der Waals surface area (Å²) in [4.78, 5) is 8.29. The van der Waals surface area contributed by atoms with E-state index in [1.165, 1.54) is 6.33 Å². The van der Waals surface area contributed by atoms with Gasteiger partial charge in [0.2, 0.25) is 10.0 Å². The number of hydrogen-bond acceptors (Lipinski definition) is 5. The summed E-state index contributed by atoms with van der Waals surface area (Å²) in [5, 5.41) is 3.13. The lowest BCUT2D eigenvalue weighted by atomic mass is 10.1. The number of nitrogens with zero attached hydrogens (tertiary/aromatic N) is 2. The van der Waals surface area contributed by atoms with Gasteiger partial charge in [0.05, 0.1) is 6.26 Å². The second kappa shape index (κ2) is 6.29. The van der Waals surface area contributed by atoms with Gasteiger partial charge in [0, 0.05) is 23.8 Å². The molecule has 0 spiro atoms. The van der Waals surface area contributed by atoms with Gasteiger partial charge in [-0.1, -0.05) is 13.3 Å². The first-order valence-corrected chi connectivity index (χ1v) is 8.15. The van der Waals surface area contributed by atoms with Crippen molar-refractivity contribution in [1.29, 1.82) is 0 Å². The van der Waals surface area contributed by atoms with Crippen molar-refractivity contribution in [2.45, 2.75) is 39.2 Å². The van der Waals surface area contributed by atoms with E-state index in [0.717, 1.165) is 24.8 Å². The van der Waals surface area contributed by atoms with Gasteiger partial charge in [-0.05, 0) is 20.3 Å². The smallest absolute Gasteiger partial charge is 0.209 e. The maximum Gasteiger partial charge on any atom is 0.209 e. The molecule has 0 aliphatic heterocycles. The Kier molecular flexibility index (Phi) is 5.25. The van der Waals surface area contributed by atoms with Crippen LogP contribution < -0.4 is 10.0 Å². The molecule has 2 N–H and O–H groups in total. The van der Waals surface area contributed by atoms with E-state index in [9.17, 15) is 8.42 Å². The normalized spacial score (nSPS) is 12.4. The van der Waals surface area contributed by atoms with Gasteiger partial charge < -0.3 is 5.32 Å². The molecule has 0 fully saturated rings. The average Bonchev–Trinajstić information content (AvgIpc) is 2.24. The number of nitrogens with one attached hydrogen (secondary N) is 2. The molecule has 0 aliphatic carbocycles. The van der Waals surface area contributed by atoms with E-state index in [-0.39, 0.29) is 0 Å². The standard InChI is InChI=1S/C12H22N4O2S/c1-5-6-10-7-11(15-9-14-10)13-8-12(2,3)16-19(4,17)18/h7,9,16H,5-6,8H2,1-4H3,(H,13,14,15). The monoisotopic (exact) mass is 286 g/mol. The molecule has 0 aromatic carbocycles. The lowest BCUT2D eigenvalue weighted by molar-refractivity contribution is 0.476. The molecule has 0 saturated heterocycles. The van der Waals surface area contributed by atoms with E-state index in [1.807, 2.05) is 19.9 Å². The molecule has 0 atom stereocenters. The van der Waals surface area contributed by atoms with Crippen LogP contribution in [0.15, 0.2) is 12.4 Å². The largest absolute Gasteiger partial charge is 0.368 e. The summed E-state index contributed by atoms with van der Waals surface area (Å²) in [5.41, 5.74) is 0.401. The first-order chi connectivity index (χ1) is 8.72. The molecule has 1 rings (SSSR count). The molecule has 19 heavy (non-hydrogen) atoms. The predicted molar refractivity (Wildman–Crippen MR) is 76.6 cm³/mol. The van der Waals surface area contributed by atoms with Gasteiger partial charge in [-0.15, -0.1) is 0 Å². The molecule has 0 unspecified atom stereocenters. The minimum absolute atomic E-state index is 0.447. The highest BCUT2D eigenvalue weighted by Gasteiger charge is 2.21. The van der Waals surface area contributed by atoms with Gasteiger partial charge in [0.25, 0.3) is 0 Å². The molecular weight excluding hydrogens is 264 g/mol. The van der Waals surface area contributed by atoms with Crippen molar-refractivity contribution < 1.29 is 8.42 Å². The van der Waals surface area contributed by atoms with Gasteiger partial charge in [-0.3, -0.25) is 0 Å². The summed E-state index contributed by atoms with van der Waals surface area (Å²) in [6.45, 7) is 6.17. The zero-order valence-corrected chi connectivity index (χ0v) is 12.7. The molecule has 0 amide bonds. The second-order valence-electron chi connectivity index (χ2n) is 5.26. The van der Waals surface area contributed by atoms with Crippen LogP contribution in [0.2, 0.25) is 0 Å². The fourth-order valence-electron chi connectivity index (χ4n) is 1.74. The number of rotatable bonds is 7. The van der Waals surface area contributed by atoms with Gasteiger partial charge in [0.15, 0.2) is 0 Å². The first-order valence-electron chi connectivity index (χ1n) is 6.25. The molecule has 7 heteroatoms.